The SMILES string of the molecule is CCCCO[PH](=O)OCCCC.CCN(C)CC. The Kier molecular flexibility index (Phi) is 19.4. The van der Waals surface area contributed by atoms with Gasteiger partial charge in [-0.3, -0.25) is 4.57 Å². The van der Waals surface area contributed by atoms with Crippen LogP contribution in [0.25, 0.3) is 0 Å². The zero-order valence-corrected chi connectivity index (χ0v) is 13.8. The second kappa shape index (κ2) is 17.1. The number of rotatable bonds is 10. The molecule has 0 amide bonds. The molecule has 0 heterocycles. The summed E-state index contributed by atoms with van der Waals surface area (Å²) in [6.45, 7) is 11.9. The van der Waals surface area contributed by atoms with Crippen molar-refractivity contribution in [3.8, 4) is 0 Å². The predicted molar refractivity (Wildman–Crippen MR) is 79.6 cm³/mol. The van der Waals surface area contributed by atoms with Gasteiger partial charge in [0, 0.05) is 0 Å². The van der Waals surface area contributed by atoms with Crippen LogP contribution in [0.2, 0.25) is 0 Å². The highest BCUT2D eigenvalue weighted by Gasteiger charge is 1.97. The van der Waals surface area contributed by atoms with Gasteiger partial charge in [-0.2, -0.15) is 0 Å². The molecular formula is C13H32NO3P. The van der Waals surface area contributed by atoms with Crippen molar-refractivity contribution in [3.05, 3.63) is 0 Å². The van der Waals surface area contributed by atoms with Gasteiger partial charge in [0.2, 0.25) is 0 Å². The maximum atomic E-state index is 10.9. The molecule has 0 aromatic rings. The first-order valence-electron chi connectivity index (χ1n) is 7.10. The van der Waals surface area contributed by atoms with Crippen LogP contribution in [0.1, 0.15) is 53.4 Å². The zero-order chi connectivity index (χ0) is 14.2. The van der Waals surface area contributed by atoms with Crippen LogP contribution in [-0.4, -0.2) is 38.3 Å². The van der Waals surface area contributed by atoms with Crippen LogP contribution in [0.5, 0.6) is 0 Å². The van der Waals surface area contributed by atoms with E-state index in [1.807, 2.05) is 0 Å². The third-order valence-corrected chi connectivity index (χ3v) is 3.39. The largest absolute Gasteiger partial charge is 0.319 e. The fourth-order valence-corrected chi connectivity index (χ4v) is 1.57. The van der Waals surface area contributed by atoms with Gasteiger partial charge >= 0.3 is 8.25 Å². The summed E-state index contributed by atoms with van der Waals surface area (Å²) in [5.41, 5.74) is 0. The van der Waals surface area contributed by atoms with Gasteiger partial charge < -0.3 is 13.9 Å². The number of hydrogen-bond donors (Lipinski definition) is 0. The number of unbranched alkanes of at least 4 members (excludes halogenated alkanes) is 2. The molecule has 0 aliphatic carbocycles. The Morgan fingerprint density at radius 3 is 1.50 bits per heavy atom. The maximum absolute atomic E-state index is 10.9. The van der Waals surface area contributed by atoms with Crippen LogP contribution in [0.4, 0.5) is 0 Å². The molecule has 0 radical (unpaired) electrons. The normalized spacial score (nSPS) is 10.6. The average Bonchev–Trinajstić information content (AvgIpc) is 2.39. The molecule has 0 atom stereocenters. The lowest BCUT2D eigenvalue weighted by atomic mass is 10.4. The highest BCUT2D eigenvalue weighted by atomic mass is 31.1. The molecule has 0 spiro atoms. The Morgan fingerprint density at radius 1 is 0.889 bits per heavy atom. The topological polar surface area (TPSA) is 38.8 Å². The van der Waals surface area contributed by atoms with Gasteiger partial charge in [0.15, 0.2) is 0 Å². The summed E-state index contributed by atoms with van der Waals surface area (Å²) in [6, 6.07) is 0. The molecule has 0 aliphatic rings. The fraction of sp³-hybridized carbons (Fsp3) is 1.00. The molecule has 0 rings (SSSR count). The number of hydrogen-bond acceptors (Lipinski definition) is 4. The third-order valence-electron chi connectivity index (χ3n) is 2.52. The van der Waals surface area contributed by atoms with Gasteiger partial charge in [0.1, 0.15) is 0 Å². The molecule has 0 aromatic heterocycles. The first kappa shape index (κ1) is 20.4. The second-order valence-electron chi connectivity index (χ2n) is 4.14. The van der Waals surface area contributed by atoms with Gasteiger partial charge in [-0.25, -0.2) is 0 Å². The van der Waals surface area contributed by atoms with Crippen molar-refractivity contribution >= 4 is 8.25 Å². The van der Waals surface area contributed by atoms with E-state index < -0.39 is 8.25 Å². The number of nitrogens with zero attached hydrogens (tertiary/aromatic N) is 1. The summed E-state index contributed by atoms with van der Waals surface area (Å²) in [6.07, 6.45) is 4.02. The molecule has 0 N–H and O–H groups in total. The van der Waals surface area contributed by atoms with Gasteiger partial charge in [-0.1, -0.05) is 40.5 Å². The first-order chi connectivity index (χ1) is 8.62. The zero-order valence-electron chi connectivity index (χ0n) is 12.8. The standard InChI is InChI=1S/C8H19O3P.C5H13N/c1-3-5-7-10-12(9)11-8-6-4-2;1-4-6(3)5-2/h12H,3-8H2,1-2H3;4-5H2,1-3H3. The lowest BCUT2D eigenvalue weighted by molar-refractivity contribution is 0.221. The van der Waals surface area contributed by atoms with Crippen molar-refractivity contribution in [3.63, 3.8) is 0 Å². The van der Waals surface area contributed by atoms with Crippen LogP contribution in [0.3, 0.4) is 0 Å². The van der Waals surface area contributed by atoms with Gasteiger partial charge in [0.05, 0.1) is 13.2 Å². The molecule has 4 nitrogen and oxygen atoms in total. The Morgan fingerprint density at radius 2 is 1.28 bits per heavy atom. The van der Waals surface area contributed by atoms with Crippen molar-refractivity contribution in [2.75, 3.05) is 33.4 Å². The van der Waals surface area contributed by atoms with E-state index in [1.54, 1.807) is 0 Å². The monoisotopic (exact) mass is 281 g/mol. The predicted octanol–water partition coefficient (Wildman–Crippen LogP) is 3.97. The first-order valence-corrected chi connectivity index (χ1v) is 8.32. The average molecular weight is 281 g/mol. The summed E-state index contributed by atoms with van der Waals surface area (Å²) >= 11 is 0. The third kappa shape index (κ3) is 18.5. The summed E-state index contributed by atoms with van der Waals surface area (Å²) in [4.78, 5) is 2.25. The Hall–Kier alpha value is 0.110. The molecule has 18 heavy (non-hydrogen) atoms. The second-order valence-corrected chi connectivity index (χ2v) is 5.22. The lowest BCUT2D eigenvalue weighted by Gasteiger charge is -2.07. The molecule has 112 valence electrons. The van der Waals surface area contributed by atoms with Crippen molar-refractivity contribution in [1.29, 1.82) is 0 Å². The summed E-state index contributed by atoms with van der Waals surface area (Å²) in [7, 11) is -0.0734. The smallest absolute Gasteiger partial charge is 0.311 e. The van der Waals surface area contributed by atoms with E-state index in [2.05, 4.69) is 39.6 Å². The van der Waals surface area contributed by atoms with Crippen LogP contribution in [0, 0.1) is 0 Å². The van der Waals surface area contributed by atoms with Gasteiger partial charge in [-0.05, 0) is 33.0 Å². The molecule has 0 aromatic carbocycles. The molecular weight excluding hydrogens is 249 g/mol. The molecule has 0 aliphatic heterocycles. The summed E-state index contributed by atoms with van der Waals surface area (Å²) in [5, 5.41) is 0. The Bertz CT molecular complexity index is 164. The Labute approximate surface area is 114 Å². The highest BCUT2D eigenvalue weighted by molar-refractivity contribution is 7.33. The van der Waals surface area contributed by atoms with E-state index in [0.717, 1.165) is 38.8 Å². The molecule has 0 fully saturated rings. The van der Waals surface area contributed by atoms with Crippen molar-refractivity contribution < 1.29 is 13.6 Å². The Balaban J connectivity index is 0. The van der Waals surface area contributed by atoms with Gasteiger partial charge in [0.25, 0.3) is 0 Å². The van der Waals surface area contributed by atoms with Gasteiger partial charge in [-0.15, -0.1) is 0 Å². The minimum absolute atomic E-state index is 0.556. The van der Waals surface area contributed by atoms with Crippen molar-refractivity contribution in [2.24, 2.45) is 0 Å². The highest BCUT2D eigenvalue weighted by Crippen LogP contribution is 2.24. The quantitative estimate of drug-likeness (QED) is 0.448. The summed E-state index contributed by atoms with van der Waals surface area (Å²) in [5.74, 6) is 0. The van der Waals surface area contributed by atoms with Crippen LogP contribution in [-0.2, 0) is 13.6 Å². The fourth-order valence-electron chi connectivity index (χ4n) is 0.865. The van der Waals surface area contributed by atoms with Crippen molar-refractivity contribution in [1.82, 2.24) is 4.90 Å². The van der Waals surface area contributed by atoms with Crippen LogP contribution < -0.4 is 0 Å². The van der Waals surface area contributed by atoms with E-state index in [0.29, 0.717) is 13.2 Å². The molecule has 0 bridgehead atoms. The minimum atomic E-state index is -2.18. The van der Waals surface area contributed by atoms with E-state index >= 15 is 0 Å². The van der Waals surface area contributed by atoms with Crippen LogP contribution in [0.15, 0.2) is 0 Å². The van der Waals surface area contributed by atoms with Crippen molar-refractivity contribution in [2.45, 2.75) is 53.4 Å². The lowest BCUT2D eigenvalue weighted by Crippen LogP contribution is -2.15. The van der Waals surface area contributed by atoms with E-state index in [-0.39, 0.29) is 0 Å². The van der Waals surface area contributed by atoms with E-state index in [1.165, 1.54) is 0 Å². The van der Waals surface area contributed by atoms with E-state index in [4.69, 9.17) is 9.05 Å². The molecule has 0 unspecified atom stereocenters. The molecule has 0 saturated carbocycles. The maximum Gasteiger partial charge on any atom is 0.319 e. The molecule has 5 heteroatoms. The minimum Gasteiger partial charge on any atom is -0.311 e. The van der Waals surface area contributed by atoms with Crippen LogP contribution >= 0.6 is 8.25 Å². The van der Waals surface area contributed by atoms with E-state index in [9.17, 15) is 4.57 Å². The molecule has 0 saturated heterocycles. The summed E-state index contributed by atoms with van der Waals surface area (Å²) < 4.78 is 20.8.